The minimum Gasteiger partial charge on any atom is -0.350 e. The van der Waals surface area contributed by atoms with Gasteiger partial charge in [-0.3, -0.25) is 23.7 Å². The third kappa shape index (κ3) is 7.02. The summed E-state index contributed by atoms with van der Waals surface area (Å²) in [4.78, 5) is 59.6. The molecule has 16 heteroatoms. The van der Waals surface area contributed by atoms with Crippen molar-refractivity contribution < 1.29 is 22.8 Å². The first-order chi connectivity index (χ1) is 19.6. The van der Waals surface area contributed by atoms with Crippen LogP contribution in [0.25, 0.3) is 6.08 Å². The van der Waals surface area contributed by atoms with Crippen LogP contribution < -0.4 is 15.6 Å². The predicted molar refractivity (Wildman–Crippen MR) is 156 cm³/mol. The van der Waals surface area contributed by atoms with Gasteiger partial charge < -0.3 is 15.1 Å². The second-order valence-corrected chi connectivity index (χ2v) is 14.3. The van der Waals surface area contributed by atoms with Crippen molar-refractivity contribution in [1.29, 1.82) is 0 Å². The molecule has 0 bridgehead atoms. The van der Waals surface area contributed by atoms with Crippen molar-refractivity contribution in [3.63, 3.8) is 0 Å². The van der Waals surface area contributed by atoms with Crippen LogP contribution in [0.5, 0.6) is 0 Å². The molecule has 3 aliphatic heterocycles. The summed E-state index contributed by atoms with van der Waals surface area (Å²) in [7, 11) is -3.90. The lowest BCUT2D eigenvalue weighted by atomic mass is 10.1. The lowest BCUT2D eigenvalue weighted by molar-refractivity contribution is -0.143. The molecule has 5 rings (SSSR count). The van der Waals surface area contributed by atoms with Gasteiger partial charge in [0.05, 0.1) is 10.9 Å². The number of rotatable bonds is 9. The molecule has 41 heavy (non-hydrogen) atoms. The molecule has 0 spiro atoms. The van der Waals surface area contributed by atoms with Gasteiger partial charge in [0, 0.05) is 54.5 Å². The highest BCUT2D eigenvalue weighted by atomic mass is 35.5. The molecule has 12 nitrogen and oxygen atoms in total. The van der Waals surface area contributed by atoms with Crippen molar-refractivity contribution in [2.24, 2.45) is 0 Å². The zero-order valence-electron chi connectivity index (χ0n) is 22.0. The molecule has 3 amide bonds. The minimum atomic E-state index is -3.90. The number of aromatic nitrogens is 2. The number of sulfonamides is 1. The van der Waals surface area contributed by atoms with Crippen LogP contribution in [0, 0.1) is 0 Å². The minimum absolute atomic E-state index is 0.0337. The molecule has 2 atom stereocenters. The Morgan fingerprint density at radius 1 is 1.15 bits per heavy atom. The number of nitrogens with one attached hydrogen (secondary N) is 2. The maximum Gasteiger partial charge on any atom is 0.267 e. The van der Waals surface area contributed by atoms with Crippen LogP contribution in [-0.4, -0.2) is 89.5 Å². The molecule has 0 radical (unpaired) electrons. The van der Waals surface area contributed by atoms with Crippen molar-refractivity contribution in [3.05, 3.63) is 48.9 Å². The second-order valence-electron chi connectivity index (χ2n) is 9.92. The molecule has 2 N–H and O–H groups in total. The van der Waals surface area contributed by atoms with Crippen LogP contribution in [0.2, 0.25) is 4.34 Å². The molecule has 2 aromatic rings. The average Bonchev–Trinajstić information content (AvgIpc) is 3.70. The van der Waals surface area contributed by atoms with Gasteiger partial charge in [-0.15, -0.1) is 11.3 Å². The number of fused-ring (bicyclic) bond motifs is 1. The summed E-state index contributed by atoms with van der Waals surface area (Å²) in [5, 5.41) is 4.37. The summed E-state index contributed by atoms with van der Waals surface area (Å²) in [6.45, 7) is 1.32. The number of nitrogens with zero attached hydrogens (tertiary/aromatic N) is 4. The summed E-state index contributed by atoms with van der Waals surface area (Å²) in [5.74, 6) is -0.524. The van der Waals surface area contributed by atoms with Gasteiger partial charge in [0.2, 0.25) is 21.8 Å². The smallest absolute Gasteiger partial charge is 0.267 e. The normalized spacial score (nSPS) is 21.0. The molecule has 0 aliphatic carbocycles. The highest BCUT2D eigenvalue weighted by Gasteiger charge is 2.35. The number of halogens is 1. The van der Waals surface area contributed by atoms with E-state index in [1.807, 2.05) is 0 Å². The Kier molecular flexibility index (Phi) is 9.18. The Hall–Kier alpha value is -2.72. The summed E-state index contributed by atoms with van der Waals surface area (Å²) in [5.41, 5.74) is -0.411. The topological polar surface area (TPSA) is 151 Å². The summed E-state index contributed by atoms with van der Waals surface area (Å²) in [6.07, 6.45) is 4.98. The first-order valence-corrected chi connectivity index (χ1v) is 16.9. The van der Waals surface area contributed by atoms with Crippen molar-refractivity contribution >= 4 is 68.5 Å². The van der Waals surface area contributed by atoms with Gasteiger partial charge >= 0.3 is 0 Å². The maximum absolute atomic E-state index is 13.2. The Bertz CT molecular complexity index is 1540. The van der Waals surface area contributed by atoms with E-state index in [9.17, 15) is 27.6 Å². The third-order valence-corrected chi connectivity index (χ3v) is 10.4. The molecule has 2 saturated heterocycles. The van der Waals surface area contributed by atoms with Crippen LogP contribution in [0.1, 0.15) is 40.9 Å². The van der Waals surface area contributed by atoms with Gasteiger partial charge in [0.25, 0.3) is 11.5 Å². The molecule has 2 aromatic heterocycles. The van der Waals surface area contributed by atoms with Gasteiger partial charge in [0.1, 0.15) is 11.6 Å². The highest BCUT2D eigenvalue weighted by molar-refractivity contribution is 7.99. The number of hydrogen-bond acceptors (Lipinski definition) is 9. The number of thioether (sulfide) groups is 1. The molecule has 0 saturated carbocycles. The van der Waals surface area contributed by atoms with E-state index in [1.54, 1.807) is 17.0 Å². The monoisotopic (exact) mass is 640 g/mol. The number of thiophene rings is 1. The summed E-state index contributed by atoms with van der Waals surface area (Å²) in [6, 6.07) is 2.11. The maximum atomic E-state index is 13.2. The molecule has 220 valence electrons. The molecule has 2 fully saturated rings. The quantitative estimate of drug-likeness (QED) is 0.390. The Balaban J connectivity index is 1.15. The fourth-order valence-electron chi connectivity index (χ4n) is 5.13. The lowest BCUT2D eigenvalue weighted by Gasteiger charge is -2.34. The van der Waals surface area contributed by atoms with Gasteiger partial charge in [-0.05, 0) is 43.9 Å². The summed E-state index contributed by atoms with van der Waals surface area (Å²) < 4.78 is 29.6. The highest BCUT2D eigenvalue weighted by Crippen LogP contribution is 2.23. The van der Waals surface area contributed by atoms with Crippen molar-refractivity contribution in [1.82, 2.24) is 29.4 Å². The largest absolute Gasteiger partial charge is 0.350 e. The van der Waals surface area contributed by atoms with E-state index in [0.717, 1.165) is 17.6 Å². The van der Waals surface area contributed by atoms with Crippen molar-refractivity contribution in [2.75, 3.05) is 31.9 Å². The fraction of sp³-hybridized carbons (Fsp3) is 0.480. The number of piperidine rings is 1. The van der Waals surface area contributed by atoms with E-state index in [1.165, 1.54) is 44.8 Å². The van der Waals surface area contributed by atoms with E-state index in [0.29, 0.717) is 53.3 Å². The second kappa shape index (κ2) is 12.7. The molecular weight excluding hydrogens is 612 g/mol. The zero-order valence-corrected chi connectivity index (χ0v) is 25.2. The molecular formula is C25H29ClN6O6S3. The Morgan fingerprint density at radius 2 is 1.95 bits per heavy atom. The van der Waals surface area contributed by atoms with Crippen molar-refractivity contribution in [2.45, 2.75) is 49.5 Å². The number of carbonyl (C=O) groups is 3. The first kappa shape index (κ1) is 29.8. The summed E-state index contributed by atoms with van der Waals surface area (Å²) >= 11 is 8.58. The van der Waals surface area contributed by atoms with Gasteiger partial charge in [-0.1, -0.05) is 23.4 Å². The van der Waals surface area contributed by atoms with Gasteiger partial charge in [-0.2, -0.15) is 4.72 Å². The molecule has 0 unspecified atom stereocenters. The number of hydrogen-bond donors (Lipinski definition) is 2. The Labute approximate surface area is 250 Å². The number of carbonyl (C=O) groups excluding carboxylic acids is 3. The molecule has 0 aromatic carbocycles. The zero-order chi connectivity index (χ0) is 29.1. The third-order valence-electron chi connectivity index (χ3n) is 7.17. The van der Waals surface area contributed by atoms with Crippen LogP contribution in [0.3, 0.4) is 0 Å². The van der Waals surface area contributed by atoms with E-state index >= 15 is 0 Å². The lowest BCUT2D eigenvalue weighted by Crippen LogP contribution is -2.55. The van der Waals surface area contributed by atoms with E-state index in [4.69, 9.17) is 11.6 Å². The van der Waals surface area contributed by atoms with E-state index in [-0.39, 0.29) is 36.2 Å². The SMILES string of the molecule is O=C(NC[C@H]1CCCN1C(=O)CN1CCC[C@H](NS(=O)(=O)C=Cc2ccc(Cl)s2)C1=O)c1cnc2n(c1=O)CCS2. The fourth-order valence-corrected chi connectivity index (χ4v) is 8.11. The molecule has 3 aliphatic rings. The average molecular weight is 641 g/mol. The number of likely N-dealkylation sites (tertiary alicyclic amines) is 2. The number of amides is 3. The standard InChI is InChI=1S/C25H29ClN6O6S3/c26-20-6-5-17(40-20)7-12-41(37,38)29-19-4-2-8-30(24(19)36)15-21(33)31-9-1-3-16(31)13-27-22(34)18-14-28-25-32(23(18)35)10-11-39-25/h5-7,12,14,16,19,29H,1-4,8-11,13,15H2,(H,27,34)/t16-,19+/m1/s1. The van der Waals surface area contributed by atoms with Gasteiger partial charge in [0.15, 0.2) is 5.16 Å². The predicted octanol–water partition coefficient (Wildman–Crippen LogP) is 1.37. The van der Waals surface area contributed by atoms with Crippen LogP contribution >= 0.6 is 34.7 Å². The van der Waals surface area contributed by atoms with Gasteiger partial charge in [-0.25, -0.2) is 13.4 Å². The van der Waals surface area contributed by atoms with Crippen LogP contribution in [-0.2, 0) is 26.2 Å². The molecule has 5 heterocycles. The van der Waals surface area contributed by atoms with E-state index in [2.05, 4.69) is 15.0 Å². The van der Waals surface area contributed by atoms with Crippen molar-refractivity contribution in [3.8, 4) is 0 Å². The Morgan fingerprint density at radius 3 is 2.73 bits per heavy atom. The van der Waals surface area contributed by atoms with E-state index < -0.39 is 27.9 Å². The van der Waals surface area contributed by atoms with Crippen LogP contribution in [0.15, 0.2) is 33.7 Å². The van der Waals surface area contributed by atoms with Crippen LogP contribution in [0.4, 0.5) is 0 Å². The first-order valence-electron chi connectivity index (χ1n) is 13.2.